The Kier molecular flexibility index (Phi) is 2.93. The first-order valence-electron chi connectivity index (χ1n) is 4.62. The topological polar surface area (TPSA) is 9.23 Å². The maximum absolute atomic E-state index is 5.94. The molecule has 0 spiro atoms. The highest BCUT2D eigenvalue weighted by Gasteiger charge is 2.04. The highest BCUT2D eigenvalue weighted by molar-refractivity contribution is 6.30. The molecule has 0 saturated carbocycles. The van der Waals surface area contributed by atoms with Crippen LogP contribution in [0.15, 0.2) is 42.5 Å². The molecule has 0 bridgehead atoms. The van der Waals surface area contributed by atoms with Crippen molar-refractivity contribution >= 4 is 11.6 Å². The fourth-order valence-corrected chi connectivity index (χ4v) is 1.65. The van der Waals surface area contributed by atoms with Gasteiger partial charge in [-0.1, -0.05) is 35.9 Å². The van der Waals surface area contributed by atoms with E-state index in [9.17, 15) is 0 Å². The minimum atomic E-state index is 0.715. The minimum absolute atomic E-state index is 0.715. The van der Waals surface area contributed by atoms with E-state index in [4.69, 9.17) is 16.3 Å². The smallest absolute Gasteiger partial charge is 0.127 e. The van der Waals surface area contributed by atoms with Gasteiger partial charge in [0.05, 0.1) is 7.11 Å². The Hall–Kier alpha value is -1.47. The van der Waals surface area contributed by atoms with Crippen molar-refractivity contribution in [1.29, 1.82) is 0 Å². The van der Waals surface area contributed by atoms with Gasteiger partial charge in [-0.25, -0.2) is 0 Å². The van der Waals surface area contributed by atoms with Crippen LogP contribution in [0.3, 0.4) is 0 Å². The summed E-state index contributed by atoms with van der Waals surface area (Å²) in [6, 6.07) is 16.5. The predicted octanol–water partition coefficient (Wildman–Crippen LogP) is 3.82. The molecule has 0 aliphatic rings. The molecule has 0 amide bonds. The zero-order valence-corrected chi connectivity index (χ0v) is 9.08. The second kappa shape index (κ2) is 4.37. The summed E-state index contributed by atoms with van der Waals surface area (Å²) in [7, 11) is 1.65. The van der Waals surface area contributed by atoms with Gasteiger partial charge in [-0.2, -0.15) is 0 Å². The van der Waals surface area contributed by atoms with E-state index in [1.165, 1.54) is 0 Å². The zero-order valence-electron chi connectivity index (χ0n) is 8.33. The molecule has 0 unspecified atom stereocenters. The van der Waals surface area contributed by atoms with Gasteiger partial charge in [-0.05, 0) is 29.8 Å². The van der Waals surface area contributed by atoms with E-state index >= 15 is 0 Å². The van der Waals surface area contributed by atoms with Gasteiger partial charge in [-0.3, -0.25) is 0 Å². The third-order valence-corrected chi connectivity index (χ3v) is 2.39. The summed E-state index contributed by atoms with van der Waals surface area (Å²) in [4.78, 5) is 0. The van der Waals surface area contributed by atoms with E-state index in [1.807, 2.05) is 42.5 Å². The van der Waals surface area contributed by atoms with Gasteiger partial charge in [0.25, 0.3) is 0 Å². The van der Waals surface area contributed by atoms with Crippen LogP contribution in [-0.2, 0) is 0 Å². The molecule has 0 aliphatic heterocycles. The average Bonchev–Trinajstić information content (AvgIpc) is 2.29. The van der Waals surface area contributed by atoms with Crippen molar-refractivity contribution < 1.29 is 4.74 Å². The van der Waals surface area contributed by atoms with E-state index in [0.717, 1.165) is 16.9 Å². The Labute approximate surface area is 94.3 Å². The number of hydrogen-bond donors (Lipinski definition) is 0. The van der Waals surface area contributed by atoms with Gasteiger partial charge in [0.15, 0.2) is 0 Å². The summed E-state index contributed by atoms with van der Waals surface area (Å²) in [5, 5.41) is 0.715. The first-order valence-corrected chi connectivity index (χ1v) is 4.99. The molecule has 2 aromatic rings. The van der Waals surface area contributed by atoms with Crippen molar-refractivity contribution in [2.24, 2.45) is 0 Å². The first kappa shape index (κ1) is 10.1. The van der Waals surface area contributed by atoms with Gasteiger partial charge in [-0.15, -0.1) is 0 Å². The van der Waals surface area contributed by atoms with E-state index < -0.39 is 0 Å². The average molecular weight is 218 g/mol. The molecule has 1 nitrogen and oxygen atoms in total. The van der Waals surface area contributed by atoms with Crippen molar-refractivity contribution in [3.8, 4) is 16.9 Å². The van der Waals surface area contributed by atoms with Crippen molar-refractivity contribution in [1.82, 2.24) is 0 Å². The summed E-state index contributed by atoms with van der Waals surface area (Å²) in [5.74, 6) is 0.805. The molecule has 2 heteroatoms. The summed E-state index contributed by atoms with van der Waals surface area (Å²) >= 11 is 5.94. The number of benzene rings is 2. The molecule has 0 saturated heterocycles. The first-order chi connectivity index (χ1) is 7.31. The Balaban J connectivity index is 2.53. The molecular formula is C13H10ClO. The summed E-state index contributed by atoms with van der Waals surface area (Å²) in [6.45, 7) is 0. The lowest BCUT2D eigenvalue weighted by molar-refractivity contribution is 0.416. The molecule has 2 rings (SSSR count). The van der Waals surface area contributed by atoms with Crippen molar-refractivity contribution in [3.05, 3.63) is 53.6 Å². The molecule has 15 heavy (non-hydrogen) atoms. The maximum Gasteiger partial charge on any atom is 0.127 e. The predicted molar refractivity (Wildman–Crippen MR) is 62.3 cm³/mol. The summed E-state index contributed by atoms with van der Waals surface area (Å²) in [6.07, 6.45) is 0. The van der Waals surface area contributed by atoms with Gasteiger partial charge in [0, 0.05) is 10.6 Å². The number of ether oxygens (including phenoxy) is 1. The zero-order chi connectivity index (χ0) is 10.7. The third-order valence-electron chi connectivity index (χ3n) is 2.15. The van der Waals surface area contributed by atoms with E-state index in [-0.39, 0.29) is 0 Å². The number of hydrogen-bond acceptors (Lipinski definition) is 1. The number of rotatable bonds is 2. The largest absolute Gasteiger partial charge is 0.496 e. The molecule has 1 radical (unpaired) electrons. The van der Waals surface area contributed by atoms with Crippen LogP contribution in [0.2, 0.25) is 5.02 Å². The van der Waals surface area contributed by atoms with Gasteiger partial charge in [0.1, 0.15) is 5.75 Å². The molecule has 0 heterocycles. The van der Waals surface area contributed by atoms with Gasteiger partial charge in [0.2, 0.25) is 0 Å². The van der Waals surface area contributed by atoms with Crippen LogP contribution in [0, 0.1) is 6.07 Å². The molecule has 75 valence electrons. The minimum Gasteiger partial charge on any atom is -0.496 e. The Morgan fingerprint density at radius 1 is 1.20 bits per heavy atom. The molecule has 0 atom stereocenters. The Bertz CT molecular complexity index is 466. The Morgan fingerprint density at radius 2 is 2.07 bits per heavy atom. The lowest BCUT2D eigenvalue weighted by atomic mass is 10.1. The fourth-order valence-electron chi connectivity index (χ4n) is 1.46. The lowest BCUT2D eigenvalue weighted by Crippen LogP contribution is -1.87. The number of halogens is 1. The second-order valence-corrected chi connectivity index (χ2v) is 3.56. The van der Waals surface area contributed by atoms with Crippen LogP contribution in [0.4, 0.5) is 0 Å². The molecule has 0 aliphatic carbocycles. The summed E-state index contributed by atoms with van der Waals surface area (Å²) in [5.41, 5.74) is 1.95. The third kappa shape index (κ3) is 2.13. The molecule has 2 aromatic carbocycles. The summed E-state index contributed by atoms with van der Waals surface area (Å²) < 4.78 is 5.27. The highest BCUT2D eigenvalue weighted by atomic mass is 35.5. The second-order valence-electron chi connectivity index (χ2n) is 3.12. The van der Waals surface area contributed by atoms with Gasteiger partial charge >= 0.3 is 0 Å². The van der Waals surface area contributed by atoms with Gasteiger partial charge < -0.3 is 4.74 Å². The Morgan fingerprint density at radius 3 is 2.80 bits per heavy atom. The van der Waals surface area contributed by atoms with E-state index in [1.54, 1.807) is 7.11 Å². The van der Waals surface area contributed by atoms with Crippen LogP contribution in [0.1, 0.15) is 0 Å². The maximum atomic E-state index is 5.94. The molecular weight excluding hydrogens is 208 g/mol. The lowest BCUT2D eigenvalue weighted by Gasteiger charge is -2.07. The molecule has 0 aromatic heterocycles. The van der Waals surface area contributed by atoms with Crippen LogP contribution in [-0.4, -0.2) is 7.11 Å². The SMILES string of the molecule is COc1ccc[c]c1-c1cccc(Cl)c1. The fraction of sp³-hybridized carbons (Fsp3) is 0.0769. The van der Waals surface area contributed by atoms with E-state index in [0.29, 0.717) is 5.02 Å². The van der Waals surface area contributed by atoms with Crippen LogP contribution < -0.4 is 4.74 Å². The van der Waals surface area contributed by atoms with Crippen molar-refractivity contribution in [2.45, 2.75) is 0 Å². The molecule has 0 fully saturated rings. The van der Waals surface area contributed by atoms with Crippen LogP contribution >= 0.6 is 11.6 Å². The van der Waals surface area contributed by atoms with Crippen LogP contribution in [0.5, 0.6) is 5.75 Å². The van der Waals surface area contributed by atoms with E-state index in [2.05, 4.69) is 6.07 Å². The quantitative estimate of drug-likeness (QED) is 0.743. The normalized spacial score (nSPS) is 10.0. The monoisotopic (exact) mass is 217 g/mol. The highest BCUT2D eigenvalue weighted by Crippen LogP contribution is 2.30. The number of methoxy groups -OCH3 is 1. The van der Waals surface area contributed by atoms with Crippen molar-refractivity contribution in [3.63, 3.8) is 0 Å². The van der Waals surface area contributed by atoms with Crippen LogP contribution in [0.25, 0.3) is 11.1 Å². The standard InChI is InChI=1S/C13H10ClO/c1-15-13-8-3-2-7-12(13)10-5-4-6-11(14)9-10/h2-6,8-9H,1H3. The van der Waals surface area contributed by atoms with Crippen molar-refractivity contribution in [2.75, 3.05) is 7.11 Å². The molecule has 0 N–H and O–H groups in total.